The van der Waals surface area contributed by atoms with Gasteiger partial charge in [0.2, 0.25) is 5.79 Å². The van der Waals surface area contributed by atoms with Crippen LogP contribution >= 0.6 is 0 Å². The Bertz CT molecular complexity index is 1240. The Labute approximate surface area is 208 Å². The minimum absolute atomic E-state index is 0.0517. The number of aromatic hydroxyl groups is 1. The van der Waals surface area contributed by atoms with Crippen LogP contribution in [0.5, 0.6) is 17.2 Å². The van der Waals surface area contributed by atoms with Crippen molar-refractivity contribution in [2.24, 2.45) is 0 Å². The highest BCUT2D eigenvalue weighted by atomic mass is 16.7. The highest BCUT2D eigenvalue weighted by Crippen LogP contribution is 2.53. The molecule has 2 atom stereocenters. The van der Waals surface area contributed by atoms with Crippen molar-refractivity contribution in [1.82, 2.24) is 0 Å². The predicted octanol–water partition coefficient (Wildman–Crippen LogP) is 7.29. The fourth-order valence-electron chi connectivity index (χ4n) is 5.47. The molecule has 4 nitrogen and oxygen atoms in total. The van der Waals surface area contributed by atoms with Crippen LogP contribution in [0, 0.1) is 0 Å². The van der Waals surface area contributed by atoms with E-state index in [1.165, 1.54) is 5.56 Å². The number of phenols is 1. The first-order valence-electron chi connectivity index (χ1n) is 12.4. The lowest BCUT2D eigenvalue weighted by atomic mass is 9.74. The normalized spacial score (nSPS) is 21.4. The van der Waals surface area contributed by atoms with E-state index >= 15 is 0 Å². The maximum absolute atomic E-state index is 11.3. The Kier molecular flexibility index (Phi) is 5.45. The summed E-state index contributed by atoms with van der Waals surface area (Å²) in [7, 11) is 1.68. The molecule has 1 N–H and O–H groups in total. The van der Waals surface area contributed by atoms with Crippen molar-refractivity contribution >= 4 is 0 Å². The van der Waals surface area contributed by atoms with Crippen LogP contribution in [0.15, 0.2) is 54.6 Å². The Balaban J connectivity index is 1.70. The summed E-state index contributed by atoms with van der Waals surface area (Å²) in [5, 5.41) is 11.3. The average Bonchev–Trinajstić information content (AvgIpc) is 3.14. The van der Waals surface area contributed by atoms with Crippen molar-refractivity contribution in [2.45, 2.75) is 77.1 Å². The average molecular weight is 473 g/mol. The zero-order chi connectivity index (χ0) is 25.2. The van der Waals surface area contributed by atoms with Gasteiger partial charge in [0.1, 0.15) is 17.2 Å². The highest BCUT2D eigenvalue weighted by Gasteiger charge is 2.49. The molecule has 0 unspecified atom stereocenters. The zero-order valence-electron chi connectivity index (χ0n) is 21.9. The fourth-order valence-corrected chi connectivity index (χ4v) is 5.47. The van der Waals surface area contributed by atoms with E-state index in [1.54, 1.807) is 7.11 Å². The molecule has 35 heavy (non-hydrogen) atoms. The van der Waals surface area contributed by atoms with Gasteiger partial charge in [-0.3, -0.25) is 0 Å². The number of ether oxygens (including phenoxy) is 3. The maximum Gasteiger partial charge on any atom is 0.238 e. The number of fused-ring (bicyclic) bond motifs is 3. The molecule has 0 fully saturated rings. The topological polar surface area (TPSA) is 47.9 Å². The smallest absolute Gasteiger partial charge is 0.238 e. The van der Waals surface area contributed by atoms with E-state index in [2.05, 4.69) is 71.9 Å². The molecule has 2 heterocycles. The van der Waals surface area contributed by atoms with Crippen LogP contribution in [0.25, 0.3) is 0 Å². The van der Waals surface area contributed by atoms with Gasteiger partial charge in [-0.15, -0.1) is 0 Å². The van der Waals surface area contributed by atoms with Crippen LogP contribution < -0.4 is 9.47 Å². The zero-order valence-corrected chi connectivity index (χ0v) is 21.9. The minimum atomic E-state index is -0.859. The second-order valence-electron chi connectivity index (χ2n) is 11.9. The summed E-state index contributed by atoms with van der Waals surface area (Å²) in [6.45, 7) is 13.4. The second kappa shape index (κ2) is 8.03. The van der Waals surface area contributed by atoms with Crippen molar-refractivity contribution in [3.63, 3.8) is 0 Å². The molecule has 2 aliphatic rings. The largest absolute Gasteiger partial charge is 0.507 e. The predicted molar refractivity (Wildman–Crippen MR) is 138 cm³/mol. The minimum Gasteiger partial charge on any atom is -0.507 e. The molecule has 184 valence electrons. The monoisotopic (exact) mass is 472 g/mol. The first kappa shape index (κ1) is 23.7. The third-order valence-corrected chi connectivity index (χ3v) is 7.38. The van der Waals surface area contributed by atoms with Gasteiger partial charge in [-0.25, -0.2) is 0 Å². The molecular formula is C31H36O4. The van der Waals surface area contributed by atoms with Crippen LogP contribution in [0.2, 0.25) is 0 Å². The molecule has 3 aromatic rings. The van der Waals surface area contributed by atoms with E-state index in [0.29, 0.717) is 18.8 Å². The summed E-state index contributed by atoms with van der Waals surface area (Å²) in [6, 6.07) is 18.7. The van der Waals surface area contributed by atoms with Crippen LogP contribution in [-0.4, -0.2) is 12.2 Å². The third kappa shape index (κ3) is 3.98. The number of benzene rings is 3. The fraction of sp³-hybridized carbons (Fsp3) is 0.419. The lowest BCUT2D eigenvalue weighted by Crippen LogP contribution is -2.38. The summed E-state index contributed by atoms with van der Waals surface area (Å²) in [5.41, 5.74) is 6.02. The van der Waals surface area contributed by atoms with Gasteiger partial charge in [0, 0.05) is 23.5 Å². The summed E-state index contributed by atoms with van der Waals surface area (Å²) in [6.07, 6.45) is 0.654. The Morgan fingerprint density at radius 2 is 1.57 bits per heavy atom. The van der Waals surface area contributed by atoms with Gasteiger partial charge in [0.05, 0.1) is 13.7 Å². The summed E-state index contributed by atoms with van der Waals surface area (Å²) < 4.78 is 18.5. The van der Waals surface area contributed by atoms with Crippen molar-refractivity contribution in [3.05, 3.63) is 88.0 Å². The van der Waals surface area contributed by atoms with Crippen molar-refractivity contribution < 1.29 is 19.3 Å². The van der Waals surface area contributed by atoms with Crippen LogP contribution in [0.3, 0.4) is 0 Å². The van der Waals surface area contributed by atoms with Crippen LogP contribution in [0.1, 0.15) is 87.3 Å². The molecule has 0 aliphatic carbocycles. The molecule has 0 aromatic heterocycles. The molecule has 0 bridgehead atoms. The van der Waals surface area contributed by atoms with Crippen molar-refractivity contribution in [3.8, 4) is 17.2 Å². The molecule has 0 radical (unpaired) electrons. The van der Waals surface area contributed by atoms with Crippen LogP contribution in [0.4, 0.5) is 0 Å². The number of phenolic OH excluding ortho intramolecular Hbond substituents is 1. The highest BCUT2D eigenvalue weighted by molar-refractivity contribution is 5.55. The van der Waals surface area contributed by atoms with Crippen LogP contribution in [-0.2, 0) is 28.0 Å². The molecule has 0 amide bonds. The van der Waals surface area contributed by atoms with E-state index in [1.807, 2.05) is 24.3 Å². The molecular weight excluding hydrogens is 436 g/mol. The number of hydrogen-bond donors (Lipinski definition) is 1. The summed E-state index contributed by atoms with van der Waals surface area (Å²) in [4.78, 5) is 0. The third-order valence-electron chi connectivity index (χ3n) is 7.38. The molecule has 1 spiro atoms. The van der Waals surface area contributed by atoms with E-state index in [-0.39, 0.29) is 16.7 Å². The SMILES string of the molecule is COc1ccc2c(c1)CO[C@@]21C[C@@H](c2cc(C(C)(C)C)c(O)c(C(C)(C)C)c2)c2ccccc2O1. The van der Waals surface area contributed by atoms with Crippen molar-refractivity contribution in [1.29, 1.82) is 0 Å². The molecule has 3 aromatic carbocycles. The van der Waals surface area contributed by atoms with Gasteiger partial charge in [0.15, 0.2) is 0 Å². The Morgan fingerprint density at radius 1 is 0.914 bits per heavy atom. The van der Waals surface area contributed by atoms with E-state index < -0.39 is 5.79 Å². The molecule has 0 saturated heterocycles. The molecule has 2 aliphatic heterocycles. The Morgan fingerprint density at radius 3 is 2.20 bits per heavy atom. The standard InChI is InChI=1S/C31H36O4/c1-29(2,3)25-15-19(16-26(28(25)32)30(4,5)6)23-17-31(35-27-11-9-8-10-22(23)27)24-13-12-21(33-7)14-20(24)18-34-31/h8-16,23,32H,17-18H2,1-7H3/t23-,31+/m0/s1. The molecule has 5 rings (SSSR count). The lowest BCUT2D eigenvalue weighted by Gasteiger charge is -2.40. The second-order valence-corrected chi connectivity index (χ2v) is 11.9. The van der Waals surface area contributed by atoms with E-state index in [4.69, 9.17) is 14.2 Å². The first-order valence-corrected chi connectivity index (χ1v) is 12.4. The number of rotatable bonds is 2. The number of hydrogen-bond acceptors (Lipinski definition) is 4. The number of para-hydroxylation sites is 1. The van der Waals surface area contributed by atoms with Gasteiger partial charge in [-0.05, 0) is 57.3 Å². The van der Waals surface area contributed by atoms with Gasteiger partial charge in [-0.1, -0.05) is 71.9 Å². The summed E-state index contributed by atoms with van der Waals surface area (Å²) >= 11 is 0. The quantitative estimate of drug-likeness (QED) is 0.425. The Hall–Kier alpha value is -2.98. The summed E-state index contributed by atoms with van der Waals surface area (Å²) in [5.74, 6) is 1.26. The van der Waals surface area contributed by atoms with E-state index in [9.17, 15) is 5.11 Å². The van der Waals surface area contributed by atoms with Gasteiger partial charge >= 0.3 is 0 Å². The van der Waals surface area contributed by atoms with Gasteiger partial charge < -0.3 is 19.3 Å². The first-order chi connectivity index (χ1) is 16.4. The lowest BCUT2D eigenvalue weighted by molar-refractivity contribution is -0.195. The van der Waals surface area contributed by atoms with Gasteiger partial charge in [-0.2, -0.15) is 0 Å². The van der Waals surface area contributed by atoms with E-state index in [0.717, 1.165) is 39.3 Å². The van der Waals surface area contributed by atoms with Crippen molar-refractivity contribution in [2.75, 3.05) is 7.11 Å². The molecule has 0 saturated carbocycles. The number of methoxy groups -OCH3 is 1. The maximum atomic E-state index is 11.3. The van der Waals surface area contributed by atoms with Gasteiger partial charge in [0.25, 0.3) is 0 Å². The molecule has 4 heteroatoms.